The van der Waals surface area contributed by atoms with E-state index in [-0.39, 0.29) is 12.4 Å². The van der Waals surface area contributed by atoms with Crippen molar-refractivity contribution in [1.82, 2.24) is 0 Å². The van der Waals surface area contributed by atoms with E-state index < -0.39 is 36.7 Å². The predicted molar refractivity (Wildman–Crippen MR) is 64.0 cm³/mol. The van der Waals surface area contributed by atoms with E-state index in [1.54, 1.807) is 0 Å². The highest BCUT2D eigenvalue weighted by Gasteiger charge is 2.39. The number of benzene rings is 1. The molecule has 0 heterocycles. The molecule has 0 saturated carbocycles. The molecule has 0 aliphatic heterocycles. The first kappa shape index (κ1) is 17.3. The number of hydrogen-bond acceptors (Lipinski definition) is 6. The summed E-state index contributed by atoms with van der Waals surface area (Å²) in [7, 11) is 0.248. The standard InChI is InChI=1S/C9H7ClF3NO6S/c1-2-19-5-3-6(14(15)16)8(20-9(11,12)13)7(4-5)21(10,17)18/h3-4H,2H2,1H3. The summed E-state index contributed by atoms with van der Waals surface area (Å²) in [6, 6.07) is 1.22. The van der Waals surface area contributed by atoms with E-state index in [4.69, 9.17) is 15.4 Å². The summed E-state index contributed by atoms with van der Waals surface area (Å²) in [6.07, 6.45) is -5.34. The Morgan fingerprint density at radius 1 is 1.38 bits per heavy atom. The molecule has 0 N–H and O–H groups in total. The van der Waals surface area contributed by atoms with Gasteiger partial charge in [-0.1, -0.05) is 0 Å². The number of rotatable bonds is 5. The van der Waals surface area contributed by atoms with Crippen LogP contribution in [-0.4, -0.2) is 26.3 Å². The summed E-state index contributed by atoms with van der Waals surface area (Å²) in [5.74, 6) is -1.86. The summed E-state index contributed by atoms with van der Waals surface area (Å²) in [5.41, 5.74) is -1.24. The van der Waals surface area contributed by atoms with Gasteiger partial charge in [0.05, 0.1) is 17.6 Å². The van der Waals surface area contributed by atoms with Crippen LogP contribution in [0.25, 0.3) is 0 Å². The molecule has 0 amide bonds. The summed E-state index contributed by atoms with van der Waals surface area (Å²) in [6.45, 7) is 1.49. The van der Waals surface area contributed by atoms with Crippen LogP contribution >= 0.6 is 10.7 Å². The van der Waals surface area contributed by atoms with Crippen LogP contribution < -0.4 is 9.47 Å². The maximum atomic E-state index is 12.3. The average Bonchev–Trinajstić information content (AvgIpc) is 2.27. The van der Waals surface area contributed by atoms with E-state index in [0.29, 0.717) is 12.1 Å². The maximum Gasteiger partial charge on any atom is 0.573 e. The Morgan fingerprint density at radius 3 is 2.33 bits per heavy atom. The normalized spacial score (nSPS) is 12.0. The number of hydrogen-bond donors (Lipinski definition) is 0. The molecule has 0 atom stereocenters. The van der Waals surface area contributed by atoms with Gasteiger partial charge in [0.1, 0.15) is 10.6 Å². The molecule has 0 saturated heterocycles. The van der Waals surface area contributed by atoms with E-state index in [1.165, 1.54) is 6.92 Å². The van der Waals surface area contributed by atoms with Crippen LogP contribution in [0.1, 0.15) is 6.92 Å². The third kappa shape index (κ3) is 4.63. The minimum atomic E-state index is -5.34. The Kier molecular flexibility index (Phi) is 4.89. The minimum Gasteiger partial charge on any atom is -0.494 e. The van der Waals surface area contributed by atoms with Crippen molar-refractivity contribution in [3.8, 4) is 11.5 Å². The monoisotopic (exact) mass is 349 g/mol. The van der Waals surface area contributed by atoms with E-state index in [2.05, 4.69) is 4.74 Å². The highest BCUT2D eigenvalue weighted by molar-refractivity contribution is 8.13. The molecule has 0 aliphatic carbocycles. The highest BCUT2D eigenvalue weighted by atomic mass is 35.7. The molecule has 1 aromatic rings. The van der Waals surface area contributed by atoms with E-state index in [9.17, 15) is 31.7 Å². The van der Waals surface area contributed by atoms with Crippen molar-refractivity contribution in [1.29, 1.82) is 0 Å². The van der Waals surface area contributed by atoms with Crippen molar-refractivity contribution in [2.75, 3.05) is 6.61 Å². The molecule has 0 spiro atoms. The van der Waals surface area contributed by atoms with Crippen LogP contribution in [0.2, 0.25) is 0 Å². The zero-order chi connectivity index (χ0) is 16.4. The molecule has 0 aliphatic rings. The van der Waals surface area contributed by atoms with Crippen LogP contribution in [0.4, 0.5) is 18.9 Å². The summed E-state index contributed by atoms with van der Waals surface area (Å²) in [4.78, 5) is 8.36. The van der Waals surface area contributed by atoms with Gasteiger partial charge in [-0.15, -0.1) is 13.2 Å². The second-order valence-electron chi connectivity index (χ2n) is 3.45. The summed E-state index contributed by atoms with van der Waals surface area (Å²) < 4.78 is 67.8. The van der Waals surface area contributed by atoms with Crippen molar-refractivity contribution in [2.45, 2.75) is 18.2 Å². The molecule has 1 aromatic carbocycles. The summed E-state index contributed by atoms with van der Waals surface area (Å²) in [5, 5.41) is 10.8. The van der Waals surface area contributed by atoms with Gasteiger partial charge in [0.25, 0.3) is 9.05 Å². The lowest BCUT2D eigenvalue weighted by atomic mass is 10.2. The van der Waals surface area contributed by atoms with Gasteiger partial charge in [-0.25, -0.2) is 8.42 Å². The Balaban J connectivity index is 3.67. The van der Waals surface area contributed by atoms with Gasteiger partial charge in [-0.3, -0.25) is 10.1 Å². The lowest BCUT2D eigenvalue weighted by Gasteiger charge is -2.13. The molecule has 118 valence electrons. The first-order valence-corrected chi connectivity index (χ1v) is 7.42. The lowest BCUT2D eigenvalue weighted by molar-refractivity contribution is -0.389. The second kappa shape index (κ2) is 5.93. The third-order valence-corrected chi connectivity index (χ3v) is 3.32. The number of ether oxygens (including phenoxy) is 2. The first-order valence-electron chi connectivity index (χ1n) is 5.11. The van der Waals surface area contributed by atoms with Crippen LogP contribution in [-0.2, 0) is 9.05 Å². The fraction of sp³-hybridized carbons (Fsp3) is 0.333. The van der Waals surface area contributed by atoms with Gasteiger partial charge in [0, 0.05) is 16.7 Å². The molecule has 0 unspecified atom stereocenters. The smallest absolute Gasteiger partial charge is 0.494 e. The number of nitro groups is 1. The van der Waals surface area contributed by atoms with Crippen molar-refractivity contribution in [3.05, 3.63) is 22.2 Å². The van der Waals surface area contributed by atoms with Gasteiger partial charge in [0.2, 0.25) is 5.75 Å². The quantitative estimate of drug-likeness (QED) is 0.461. The maximum absolute atomic E-state index is 12.3. The number of halogens is 4. The second-order valence-corrected chi connectivity index (χ2v) is 5.98. The van der Waals surface area contributed by atoms with Crippen molar-refractivity contribution < 1.29 is 36.0 Å². The zero-order valence-electron chi connectivity index (χ0n) is 10.2. The average molecular weight is 350 g/mol. The van der Waals surface area contributed by atoms with Crippen LogP contribution in [0, 0.1) is 10.1 Å². The van der Waals surface area contributed by atoms with E-state index in [1.807, 2.05) is 0 Å². The highest BCUT2D eigenvalue weighted by Crippen LogP contribution is 2.42. The minimum absolute atomic E-state index is 0.00159. The van der Waals surface area contributed by atoms with Crippen molar-refractivity contribution >= 4 is 25.4 Å². The Morgan fingerprint density at radius 2 is 1.95 bits per heavy atom. The summed E-state index contributed by atoms with van der Waals surface area (Å²) >= 11 is 0. The van der Waals surface area contributed by atoms with Gasteiger partial charge in [0.15, 0.2) is 0 Å². The molecule has 0 fully saturated rings. The fourth-order valence-electron chi connectivity index (χ4n) is 1.35. The SMILES string of the molecule is CCOc1cc([N+](=O)[O-])c(OC(F)(F)F)c(S(=O)(=O)Cl)c1. The van der Waals surface area contributed by atoms with Crippen molar-refractivity contribution in [2.24, 2.45) is 0 Å². The molecule has 12 heteroatoms. The number of alkyl halides is 3. The van der Waals surface area contributed by atoms with Crippen LogP contribution in [0.15, 0.2) is 17.0 Å². The first-order chi connectivity index (χ1) is 9.45. The van der Waals surface area contributed by atoms with Gasteiger partial charge in [-0.2, -0.15) is 0 Å². The molecule has 1 rings (SSSR count). The molecular formula is C9H7ClF3NO6S. The van der Waals surface area contributed by atoms with E-state index >= 15 is 0 Å². The number of nitro benzene ring substituents is 1. The van der Waals surface area contributed by atoms with Gasteiger partial charge >= 0.3 is 12.0 Å². The van der Waals surface area contributed by atoms with Crippen LogP contribution in [0.5, 0.6) is 11.5 Å². The molecular weight excluding hydrogens is 343 g/mol. The third-order valence-electron chi connectivity index (χ3n) is 2.00. The predicted octanol–water partition coefficient (Wildman–Crippen LogP) is 2.82. The Labute approximate surface area is 120 Å². The van der Waals surface area contributed by atoms with Crippen LogP contribution in [0.3, 0.4) is 0 Å². The molecule has 21 heavy (non-hydrogen) atoms. The lowest BCUT2D eigenvalue weighted by Crippen LogP contribution is -2.19. The molecule has 7 nitrogen and oxygen atoms in total. The van der Waals surface area contributed by atoms with Crippen molar-refractivity contribution in [3.63, 3.8) is 0 Å². The zero-order valence-corrected chi connectivity index (χ0v) is 11.8. The largest absolute Gasteiger partial charge is 0.573 e. The molecule has 0 radical (unpaired) electrons. The number of nitrogens with zero attached hydrogens (tertiary/aromatic N) is 1. The fourth-order valence-corrected chi connectivity index (χ4v) is 2.32. The Hall–Kier alpha value is -1.75. The molecule has 0 aromatic heterocycles. The van der Waals surface area contributed by atoms with E-state index in [0.717, 1.165) is 0 Å². The topological polar surface area (TPSA) is 95.7 Å². The molecule has 0 bridgehead atoms. The van der Waals surface area contributed by atoms with Gasteiger partial charge < -0.3 is 9.47 Å². The Bertz CT molecular complexity index is 660. The van der Waals surface area contributed by atoms with Gasteiger partial charge in [-0.05, 0) is 6.92 Å².